The molecule has 6 nitrogen and oxygen atoms in total. The van der Waals surface area contributed by atoms with Gasteiger partial charge in [0.25, 0.3) is 0 Å². The second-order valence-corrected chi connectivity index (χ2v) is 10.2. The summed E-state index contributed by atoms with van der Waals surface area (Å²) in [6.07, 6.45) is 1.44. The molecule has 0 aliphatic carbocycles. The molecule has 0 spiro atoms. The first-order valence-corrected chi connectivity index (χ1v) is 12.1. The Morgan fingerprint density at radius 2 is 1.82 bits per heavy atom. The van der Waals surface area contributed by atoms with Crippen LogP contribution in [-0.4, -0.2) is 74.2 Å². The van der Waals surface area contributed by atoms with E-state index in [0.29, 0.717) is 28.6 Å². The summed E-state index contributed by atoms with van der Waals surface area (Å²) in [6, 6.07) is 4.86. The summed E-state index contributed by atoms with van der Waals surface area (Å²) in [5.41, 5.74) is 0.596. The van der Waals surface area contributed by atoms with Gasteiger partial charge in [-0.1, -0.05) is 36.2 Å². The lowest BCUT2D eigenvalue weighted by Crippen LogP contribution is -2.53. The van der Waals surface area contributed by atoms with Crippen LogP contribution in [-0.2, 0) is 20.6 Å². The van der Waals surface area contributed by atoms with Gasteiger partial charge in [0.15, 0.2) is 0 Å². The largest absolute Gasteiger partial charge is 0.340 e. The molecule has 2 aliphatic heterocycles. The van der Waals surface area contributed by atoms with Crippen molar-refractivity contribution in [1.82, 2.24) is 14.1 Å². The Balaban J connectivity index is 1.63. The first kappa shape index (κ1) is 21.8. The van der Waals surface area contributed by atoms with Crippen molar-refractivity contribution in [2.75, 3.05) is 45.8 Å². The summed E-state index contributed by atoms with van der Waals surface area (Å²) in [5, 5.41) is 0.738. The minimum atomic E-state index is -3.52. The van der Waals surface area contributed by atoms with Crippen LogP contribution in [0.3, 0.4) is 0 Å². The normalized spacial score (nSPS) is 22.4. The van der Waals surface area contributed by atoms with E-state index in [4.69, 9.17) is 23.2 Å². The number of rotatable bonds is 5. The number of hydrogen-bond donors (Lipinski definition) is 0. The first-order valence-electron chi connectivity index (χ1n) is 9.73. The van der Waals surface area contributed by atoms with Crippen LogP contribution in [0.4, 0.5) is 0 Å². The Bertz CT molecular complexity index is 811. The molecule has 156 valence electrons. The molecule has 0 radical (unpaired) electrons. The topological polar surface area (TPSA) is 60.9 Å². The number of hydrogen-bond acceptors (Lipinski definition) is 4. The number of carbonyl (C=O) groups excluding carboxylic acids is 1. The van der Waals surface area contributed by atoms with E-state index >= 15 is 0 Å². The van der Waals surface area contributed by atoms with Crippen LogP contribution in [0.5, 0.6) is 0 Å². The maximum Gasteiger partial charge on any atom is 0.227 e. The molecule has 2 aliphatic rings. The smallest absolute Gasteiger partial charge is 0.227 e. The summed E-state index contributed by atoms with van der Waals surface area (Å²) in [4.78, 5) is 17.1. The van der Waals surface area contributed by atoms with Gasteiger partial charge in [0.2, 0.25) is 15.9 Å². The summed E-state index contributed by atoms with van der Waals surface area (Å²) in [6.45, 7) is 7.04. The molecule has 0 saturated carbocycles. The van der Waals surface area contributed by atoms with Crippen molar-refractivity contribution in [2.24, 2.45) is 5.92 Å². The predicted molar refractivity (Wildman–Crippen MR) is 112 cm³/mol. The van der Waals surface area contributed by atoms with Gasteiger partial charge in [0.05, 0.1) is 21.7 Å². The van der Waals surface area contributed by atoms with Crippen LogP contribution in [0.15, 0.2) is 18.2 Å². The molecule has 0 N–H and O–H groups in total. The number of nitrogens with zero attached hydrogens (tertiary/aromatic N) is 3. The Morgan fingerprint density at radius 3 is 2.46 bits per heavy atom. The van der Waals surface area contributed by atoms with Crippen LogP contribution in [0.2, 0.25) is 10.0 Å². The third-order valence-electron chi connectivity index (χ3n) is 5.59. The van der Waals surface area contributed by atoms with Crippen molar-refractivity contribution in [3.05, 3.63) is 33.8 Å². The van der Waals surface area contributed by atoms with Gasteiger partial charge in [-0.2, -0.15) is 0 Å². The van der Waals surface area contributed by atoms with Crippen molar-refractivity contribution in [1.29, 1.82) is 0 Å². The highest BCUT2D eigenvalue weighted by molar-refractivity contribution is 7.88. The molecule has 1 amide bonds. The molecular formula is C19H27Cl2N3O3S. The fourth-order valence-corrected chi connectivity index (χ4v) is 5.79. The quantitative estimate of drug-likeness (QED) is 0.695. The second kappa shape index (κ2) is 9.30. The van der Waals surface area contributed by atoms with Gasteiger partial charge in [-0.15, -0.1) is 0 Å². The Morgan fingerprint density at radius 1 is 1.11 bits per heavy atom. The summed E-state index contributed by atoms with van der Waals surface area (Å²) < 4.78 is 27.3. The zero-order valence-electron chi connectivity index (χ0n) is 16.1. The number of carbonyl (C=O) groups is 1. The summed E-state index contributed by atoms with van der Waals surface area (Å²) in [5.74, 6) is -0.310. The average Bonchev–Trinajstić information content (AvgIpc) is 2.70. The van der Waals surface area contributed by atoms with E-state index in [1.807, 2.05) is 4.90 Å². The standard InChI is InChI=1S/C19H27Cl2N3O3S/c1-2-22-8-10-23(11-9-22)19(25)16-4-3-7-24(13-16)28(26,27)14-15-5-6-17(20)18(21)12-15/h5-6,12,16H,2-4,7-11,13-14H2,1H3/t16-/m0/s1. The highest BCUT2D eigenvalue weighted by Gasteiger charge is 2.35. The van der Waals surface area contributed by atoms with Crippen LogP contribution in [0, 0.1) is 5.92 Å². The van der Waals surface area contributed by atoms with Crippen molar-refractivity contribution < 1.29 is 13.2 Å². The molecule has 1 atom stereocenters. The highest BCUT2D eigenvalue weighted by Crippen LogP contribution is 2.26. The van der Waals surface area contributed by atoms with Gasteiger partial charge < -0.3 is 9.80 Å². The molecule has 2 saturated heterocycles. The summed E-state index contributed by atoms with van der Waals surface area (Å²) in [7, 11) is -3.52. The van der Waals surface area contributed by atoms with E-state index in [1.54, 1.807) is 18.2 Å². The Hall–Kier alpha value is -0.860. The van der Waals surface area contributed by atoms with Gasteiger partial charge in [-0.05, 0) is 37.1 Å². The predicted octanol–water partition coefficient (Wildman–Crippen LogP) is 2.70. The molecule has 1 aromatic carbocycles. The molecule has 3 rings (SSSR count). The number of benzene rings is 1. The molecule has 1 aromatic rings. The molecule has 9 heteroatoms. The molecule has 28 heavy (non-hydrogen) atoms. The fourth-order valence-electron chi connectivity index (χ4n) is 3.87. The second-order valence-electron chi connectivity index (χ2n) is 7.46. The van der Waals surface area contributed by atoms with Gasteiger partial charge in [0, 0.05) is 39.3 Å². The van der Waals surface area contributed by atoms with Crippen molar-refractivity contribution >= 4 is 39.1 Å². The first-order chi connectivity index (χ1) is 13.3. The minimum Gasteiger partial charge on any atom is -0.340 e. The molecular weight excluding hydrogens is 421 g/mol. The average molecular weight is 448 g/mol. The summed E-state index contributed by atoms with van der Waals surface area (Å²) >= 11 is 11.9. The molecule has 2 heterocycles. The molecule has 0 bridgehead atoms. The molecule has 0 aromatic heterocycles. The van der Waals surface area contributed by atoms with E-state index in [1.165, 1.54) is 4.31 Å². The van der Waals surface area contributed by atoms with Crippen molar-refractivity contribution in [3.63, 3.8) is 0 Å². The van der Waals surface area contributed by atoms with Crippen molar-refractivity contribution in [3.8, 4) is 0 Å². The number of sulfonamides is 1. The maximum absolute atomic E-state index is 12.9. The number of piperidine rings is 1. The van der Waals surface area contributed by atoms with Gasteiger partial charge in [-0.3, -0.25) is 4.79 Å². The van der Waals surface area contributed by atoms with E-state index < -0.39 is 10.0 Å². The minimum absolute atomic E-state index is 0.0881. The lowest BCUT2D eigenvalue weighted by atomic mass is 9.98. The maximum atomic E-state index is 12.9. The van der Waals surface area contributed by atoms with Crippen LogP contribution in [0.1, 0.15) is 25.3 Å². The number of likely N-dealkylation sites (N-methyl/N-ethyl adjacent to an activating group) is 1. The third kappa shape index (κ3) is 5.19. The fraction of sp³-hybridized carbons (Fsp3) is 0.632. The number of piperazine rings is 1. The monoisotopic (exact) mass is 447 g/mol. The highest BCUT2D eigenvalue weighted by atomic mass is 35.5. The SMILES string of the molecule is CCN1CCN(C(=O)[C@H]2CCCN(S(=O)(=O)Cc3ccc(Cl)c(Cl)c3)C2)CC1. The van der Waals surface area contributed by atoms with E-state index in [9.17, 15) is 13.2 Å². The van der Waals surface area contributed by atoms with Crippen molar-refractivity contribution in [2.45, 2.75) is 25.5 Å². The van der Waals surface area contributed by atoms with Gasteiger partial charge >= 0.3 is 0 Å². The van der Waals surface area contributed by atoms with E-state index in [2.05, 4.69) is 11.8 Å². The zero-order chi connectivity index (χ0) is 20.3. The molecule has 0 unspecified atom stereocenters. The number of amides is 1. The van der Waals surface area contributed by atoms with Gasteiger partial charge in [0.1, 0.15) is 0 Å². The van der Waals surface area contributed by atoms with Crippen LogP contribution < -0.4 is 0 Å². The van der Waals surface area contributed by atoms with E-state index in [0.717, 1.165) is 39.1 Å². The van der Waals surface area contributed by atoms with E-state index in [-0.39, 0.29) is 24.1 Å². The molecule has 2 fully saturated rings. The van der Waals surface area contributed by atoms with Crippen LogP contribution in [0.25, 0.3) is 0 Å². The zero-order valence-corrected chi connectivity index (χ0v) is 18.4. The van der Waals surface area contributed by atoms with Crippen LogP contribution >= 0.6 is 23.2 Å². The van der Waals surface area contributed by atoms with Gasteiger partial charge in [-0.25, -0.2) is 12.7 Å². The lowest BCUT2D eigenvalue weighted by molar-refractivity contribution is -0.138. The Kier molecular flexibility index (Phi) is 7.26. The lowest BCUT2D eigenvalue weighted by Gasteiger charge is -2.38. The number of halogens is 2. The Labute approximate surface area is 177 Å². The third-order valence-corrected chi connectivity index (χ3v) is 8.15.